The van der Waals surface area contributed by atoms with Gasteiger partial charge >= 0.3 is 5.97 Å². The van der Waals surface area contributed by atoms with E-state index in [4.69, 9.17) is 0 Å². The largest absolute Gasteiger partial charge is 0.477 e. The maximum atomic E-state index is 11.3. The molecule has 5 heteroatoms. The third-order valence-electron chi connectivity index (χ3n) is 3.65. The van der Waals surface area contributed by atoms with Crippen LogP contribution >= 0.6 is 0 Å². The molecule has 0 amide bonds. The molecule has 0 unspecified atom stereocenters. The van der Waals surface area contributed by atoms with E-state index >= 15 is 0 Å². The van der Waals surface area contributed by atoms with Gasteiger partial charge in [-0.05, 0) is 24.7 Å². The van der Waals surface area contributed by atoms with E-state index in [-0.39, 0.29) is 5.56 Å². The van der Waals surface area contributed by atoms with E-state index in [9.17, 15) is 9.90 Å². The summed E-state index contributed by atoms with van der Waals surface area (Å²) in [6.07, 6.45) is 0. The summed E-state index contributed by atoms with van der Waals surface area (Å²) >= 11 is 0. The van der Waals surface area contributed by atoms with Crippen LogP contribution in [0.3, 0.4) is 0 Å². The van der Waals surface area contributed by atoms with Crippen LogP contribution in [0.4, 0.5) is 5.82 Å². The highest BCUT2D eigenvalue weighted by atomic mass is 16.4. The Morgan fingerprint density at radius 1 is 1.32 bits per heavy atom. The Kier molecular flexibility index (Phi) is 4.97. The molecule has 0 atom stereocenters. The van der Waals surface area contributed by atoms with Crippen molar-refractivity contribution < 1.29 is 9.90 Å². The predicted molar refractivity (Wildman–Crippen MR) is 76.6 cm³/mol. The van der Waals surface area contributed by atoms with Gasteiger partial charge < -0.3 is 10.4 Å². The standard InChI is InChI=1S/C14H25N3O2/c1-8(2)11(9(3)4)7-15-13-12(14(18)19)10(5)16-17(13)6/h8-9,11,15H,7H2,1-6H3,(H,18,19). The zero-order valence-corrected chi connectivity index (χ0v) is 12.7. The first-order valence-electron chi connectivity index (χ1n) is 6.76. The van der Waals surface area contributed by atoms with Gasteiger partial charge in [0.15, 0.2) is 0 Å². The molecule has 0 spiro atoms. The molecule has 2 N–H and O–H groups in total. The van der Waals surface area contributed by atoms with Crippen molar-refractivity contribution >= 4 is 11.8 Å². The SMILES string of the molecule is Cc1nn(C)c(NCC(C(C)C)C(C)C)c1C(=O)O. The molecule has 0 aliphatic heterocycles. The molecular weight excluding hydrogens is 242 g/mol. The number of carboxylic acids is 1. The fourth-order valence-electron chi connectivity index (χ4n) is 2.57. The molecule has 5 nitrogen and oxygen atoms in total. The van der Waals surface area contributed by atoms with E-state index in [1.807, 2.05) is 0 Å². The lowest BCUT2D eigenvalue weighted by Crippen LogP contribution is -2.25. The number of nitrogens with one attached hydrogen (secondary N) is 1. The zero-order chi connectivity index (χ0) is 14.7. The molecule has 0 bridgehead atoms. The maximum absolute atomic E-state index is 11.3. The lowest BCUT2D eigenvalue weighted by atomic mass is 9.85. The first-order chi connectivity index (χ1) is 8.75. The Morgan fingerprint density at radius 2 is 1.84 bits per heavy atom. The van der Waals surface area contributed by atoms with Gasteiger partial charge in [-0.2, -0.15) is 5.10 Å². The zero-order valence-electron chi connectivity index (χ0n) is 12.7. The fourth-order valence-corrected chi connectivity index (χ4v) is 2.57. The van der Waals surface area contributed by atoms with Crippen LogP contribution in [0.5, 0.6) is 0 Å². The Hall–Kier alpha value is -1.52. The molecule has 0 aliphatic rings. The van der Waals surface area contributed by atoms with Crippen LogP contribution in [0.15, 0.2) is 0 Å². The van der Waals surface area contributed by atoms with Crippen molar-refractivity contribution in [2.45, 2.75) is 34.6 Å². The molecule has 0 saturated carbocycles. The summed E-state index contributed by atoms with van der Waals surface area (Å²) in [6.45, 7) is 11.3. The van der Waals surface area contributed by atoms with Crippen molar-refractivity contribution in [2.24, 2.45) is 24.8 Å². The van der Waals surface area contributed by atoms with Gasteiger partial charge in [0.2, 0.25) is 0 Å². The van der Waals surface area contributed by atoms with Crippen molar-refractivity contribution in [3.8, 4) is 0 Å². The highest BCUT2D eigenvalue weighted by Crippen LogP contribution is 2.23. The fraction of sp³-hybridized carbons (Fsp3) is 0.714. The first kappa shape index (κ1) is 15.5. The second-order valence-corrected chi connectivity index (χ2v) is 5.77. The lowest BCUT2D eigenvalue weighted by molar-refractivity contribution is 0.0697. The Labute approximate surface area is 115 Å². The topological polar surface area (TPSA) is 67.2 Å². The van der Waals surface area contributed by atoms with Crippen LogP contribution in [0.2, 0.25) is 0 Å². The van der Waals surface area contributed by atoms with Crippen molar-refractivity contribution in [3.05, 3.63) is 11.3 Å². The molecule has 1 rings (SSSR count). The number of carbonyl (C=O) groups is 1. The van der Waals surface area contributed by atoms with Crippen molar-refractivity contribution in [2.75, 3.05) is 11.9 Å². The number of carboxylic acid groups (broad SMARTS) is 1. The van der Waals surface area contributed by atoms with Crippen LogP contribution in [-0.2, 0) is 7.05 Å². The van der Waals surface area contributed by atoms with Crippen LogP contribution in [-0.4, -0.2) is 27.4 Å². The first-order valence-corrected chi connectivity index (χ1v) is 6.76. The van der Waals surface area contributed by atoms with Gasteiger partial charge in [-0.1, -0.05) is 27.7 Å². The Bertz CT molecular complexity index is 442. The van der Waals surface area contributed by atoms with Gasteiger partial charge in [-0.15, -0.1) is 0 Å². The number of aromatic carboxylic acids is 1. The van der Waals surface area contributed by atoms with Gasteiger partial charge in [-0.3, -0.25) is 4.68 Å². The van der Waals surface area contributed by atoms with Gasteiger partial charge in [0.1, 0.15) is 11.4 Å². The van der Waals surface area contributed by atoms with Crippen LogP contribution in [0.1, 0.15) is 43.7 Å². The van der Waals surface area contributed by atoms with Crippen LogP contribution < -0.4 is 5.32 Å². The van der Waals surface area contributed by atoms with E-state index < -0.39 is 5.97 Å². The summed E-state index contributed by atoms with van der Waals surface area (Å²) in [5, 5.41) is 16.7. The normalized spacial score (nSPS) is 11.6. The molecule has 1 heterocycles. The smallest absolute Gasteiger partial charge is 0.341 e. The van der Waals surface area contributed by atoms with E-state index in [0.717, 1.165) is 6.54 Å². The van der Waals surface area contributed by atoms with Gasteiger partial charge in [-0.25, -0.2) is 4.79 Å². The van der Waals surface area contributed by atoms with Crippen LogP contribution in [0, 0.1) is 24.7 Å². The number of aromatic nitrogens is 2. The average molecular weight is 267 g/mol. The summed E-state index contributed by atoms with van der Waals surface area (Å²) < 4.78 is 1.61. The monoisotopic (exact) mass is 267 g/mol. The summed E-state index contributed by atoms with van der Waals surface area (Å²) in [5.74, 6) is 1.26. The van der Waals surface area contributed by atoms with E-state index in [0.29, 0.717) is 29.3 Å². The summed E-state index contributed by atoms with van der Waals surface area (Å²) in [4.78, 5) is 11.3. The summed E-state index contributed by atoms with van der Waals surface area (Å²) in [7, 11) is 1.77. The highest BCUT2D eigenvalue weighted by molar-refractivity contribution is 5.94. The molecule has 1 aromatic rings. The number of aryl methyl sites for hydroxylation is 2. The van der Waals surface area contributed by atoms with Crippen molar-refractivity contribution in [1.29, 1.82) is 0 Å². The van der Waals surface area contributed by atoms with Crippen molar-refractivity contribution in [1.82, 2.24) is 9.78 Å². The molecule has 1 aromatic heterocycles. The van der Waals surface area contributed by atoms with Gasteiger partial charge in [0, 0.05) is 13.6 Å². The number of nitrogens with zero attached hydrogens (tertiary/aromatic N) is 2. The number of anilines is 1. The predicted octanol–water partition coefficient (Wildman–Crippen LogP) is 2.77. The lowest BCUT2D eigenvalue weighted by Gasteiger charge is -2.25. The highest BCUT2D eigenvalue weighted by Gasteiger charge is 2.22. The molecule has 0 radical (unpaired) electrons. The number of hydrogen-bond donors (Lipinski definition) is 2. The molecule has 108 valence electrons. The van der Waals surface area contributed by atoms with E-state index in [1.165, 1.54) is 0 Å². The Morgan fingerprint density at radius 3 is 2.26 bits per heavy atom. The van der Waals surface area contributed by atoms with E-state index in [1.54, 1.807) is 18.7 Å². The third kappa shape index (κ3) is 3.49. The molecule has 0 aromatic carbocycles. The average Bonchev–Trinajstić information content (AvgIpc) is 2.52. The Balaban J connectivity index is 2.91. The molecular formula is C14H25N3O2. The summed E-state index contributed by atoms with van der Waals surface area (Å²) in [6, 6.07) is 0. The number of rotatable bonds is 6. The van der Waals surface area contributed by atoms with E-state index in [2.05, 4.69) is 38.1 Å². The molecule has 0 saturated heterocycles. The maximum Gasteiger partial charge on any atom is 0.341 e. The third-order valence-corrected chi connectivity index (χ3v) is 3.65. The second-order valence-electron chi connectivity index (χ2n) is 5.77. The molecule has 0 fully saturated rings. The van der Waals surface area contributed by atoms with Gasteiger partial charge in [0.05, 0.1) is 5.69 Å². The van der Waals surface area contributed by atoms with Crippen molar-refractivity contribution in [3.63, 3.8) is 0 Å². The molecule has 0 aliphatic carbocycles. The minimum absolute atomic E-state index is 0.272. The van der Waals surface area contributed by atoms with Crippen LogP contribution in [0.25, 0.3) is 0 Å². The minimum atomic E-state index is -0.932. The van der Waals surface area contributed by atoms with Gasteiger partial charge in [0.25, 0.3) is 0 Å². The second kappa shape index (κ2) is 6.08. The molecule has 19 heavy (non-hydrogen) atoms. The summed E-state index contributed by atoms with van der Waals surface area (Å²) in [5.41, 5.74) is 0.817. The minimum Gasteiger partial charge on any atom is -0.477 e. The number of hydrogen-bond acceptors (Lipinski definition) is 3. The quantitative estimate of drug-likeness (QED) is 0.831.